The average molecular weight is 420 g/mol. The van der Waals surface area contributed by atoms with E-state index in [4.69, 9.17) is 4.74 Å². The van der Waals surface area contributed by atoms with E-state index in [2.05, 4.69) is 10.6 Å². The Bertz CT molecular complexity index is 744. The zero-order valence-electron chi connectivity index (χ0n) is 18.7. The van der Waals surface area contributed by atoms with Crippen LogP contribution in [-0.2, 0) is 19.1 Å². The van der Waals surface area contributed by atoms with Crippen molar-refractivity contribution in [2.75, 3.05) is 19.7 Å². The molecule has 0 fully saturated rings. The number of likely N-dealkylation sites (N-methyl/N-ethyl adjacent to an activating group) is 1. The number of carbonyl (C=O) groups excluding carboxylic acids is 4. The van der Waals surface area contributed by atoms with Gasteiger partial charge < -0.3 is 20.3 Å². The van der Waals surface area contributed by atoms with Gasteiger partial charge in [0.1, 0.15) is 6.04 Å². The molecule has 2 N–H and O–H groups in total. The summed E-state index contributed by atoms with van der Waals surface area (Å²) in [7, 11) is 0. The van der Waals surface area contributed by atoms with Gasteiger partial charge in [0, 0.05) is 18.2 Å². The Morgan fingerprint density at radius 1 is 1.00 bits per heavy atom. The summed E-state index contributed by atoms with van der Waals surface area (Å²) in [6.07, 6.45) is 0. The van der Waals surface area contributed by atoms with Crippen molar-refractivity contribution in [3.63, 3.8) is 0 Å². The first-order valence-electron chi connectivity index (χ1n) is 10.2. The molecule has 0 aliphatic rings. The third-order valence-corrected chi connectivity index (χ3v) is 4.38. The number of nitrogens with one attached hydrogen (secondary N) is 2. The molecular formula is C22H33N3O5. The second-order valence-corrected chi connectivity index (χ2v) is 7.80. The highest BCUT2D eigenvalue weighted by Gasteiger charge is 2.27. The molecule has 0 aliphatic heterocycles. The van der Waals surface area contributed by atoms with Crippen molar-refractivity contribution < 1.29 is 23.9 Å². The lowest BCUT2D eigenvalue weighted by Gasteiger charge is -2.23. The van der Waals surface area contributed by atoms with Crippen molar-refractivity contribution >= 4 is 23.7 Å². The van der Waals surface area contributed by atoms with Gasteiger partial charge in [-0.3, -0.25) is 14.4 Å². The summed E-state index contributed by atoms with van der Waals surface area (Å²) in [5.74, 6) is -2.07. The molecule has 0 saturated heterocycles. The highest BCUT2D eigenvalue weighted by atomic mass is 16.5. The number of hydrogen-bond donors (Lipinski definition) is 2. The minimum Gasteiger partial charge on any atom is -0.454 e. The Labute approximate surface area is 178 Å². The maximum absolute atomic E-state index is 12.5. The van der Waals surface area contributed by atoms with Crippen LogP contribution in [0.15, 0.2) is 24.3 Å². The van der Waals surface area contributed by atoms with E-state index >= 15 is 0 Å². The van der Waals surface area contributed by atoms with Crippen LogP contribution in [0.1, 0.15) is 50.5 Å². The molecule has 1 atom stereocenters. The van der Waals surface area contributed by atoms with E-state index < -0.39 is 30.4 Å². The molecule has 3 amide bonds. The number of nitrogens with zero attached hydrogens (tertiary/aromatic N) is 1. The van der Waals surface area contributed by atoms with Gasteiger partial charge in [-0.05, 0) is 45.7 Å². The summed E-state index contributed by atoms with van der Waals surface area (Å²) >= 11 is 0. The first kappa shape index (κ1) is 25.1. The van der Waals surface area contributed by atoms with Crippen molar-refractivity contribution in [1.29, 1.82) is 0 Å². The Morgan fingerprint density at radius 3 is 2.10 bits per heavy atom. The van der Waals surface area contributed by atoms with E-state index in [-0.39, 0.29) is 24.4 Å². The van der Waals surface area contributed by atoms with Crippen LogP contribution in [0.25, 0.3) is 0 Å². The molecule has 1 aromatic rings. The van der Waals surface area contributed by atoms with Crippen molar-refractivity contribution in [3.8, 4) is 0 Å². The zero-order valence-corrected chi connectivity index (χ0v) is 18.7. The predicted octanol–water partition coefficient (Wildman–Crippen LogP) is 1.67. The summed E-state index contributed by atoms with van der Waals surface area (Å²) in [4.78, 5) is 50.5. The van der Waals surface area contributed by atoms with Crippen LogP contribution in [-0.4, -0.2) is 60.4 Å². The first-order chi connectivity index (χ1) is 14.0. The molecule has 1 rings (SSSR count). The van der Waals surface area contributed by atoms with E-state index in [1.165, 1.54) is 4.90 Å². The number of carbonyl (C=O) groups is 4. The number of hydrogen-bond acceptors (Lipinski definition) is 5. The molecule has 1 unspecified atom stereocenters. The number of rotatable bonds is 10. The molecule has 0 spiro atoms. The maximum Gasteiger partial charge on any atom is 0.329 e. The van der Waals surface area contributed by atoms with E-state index in [0.717, 1.165) is 5.56 Å². The molecule has 8 nitrogen and oxygen atoms in total. The lowest BCUT2D eigenvalue weighted by atomic mass is 10.0. The molecular weight excluding hydrogens is 386 g/mol. The minimum absolute atomic E-state index is 0.0342. The molecule has 166 valence electrons. The van der Waals surface area contributed by atoms with Gasteiger partial charge in [0.2, 0.25) is 5.91 Å². The standard InChI is InChI=1S/C22H33N3O5/c1-7-25(12-18(26)23-15(4)5)19(27)13-30-22(29)20(14(2)3)24-21(28)17-10-8-16(6)9-11-17/h8-11,14-15,20H,7,12-13H2,1-6H3,(H,23,26)(H,24,28). The average Bonchev–Trinajstić information content (AvgIpc) is 2.67. The predicted molar refractivity (Wildman–Crippen MR) is 114 cm³/mol. The fourth-order valence-corrected chi connectivity index (χ4v) is 2.66. The van der Waals surface area contributed by atoms with E-state index in [9.17, 15) is 19.2 Å². The fraction of sp³-hybridized carbons (Fsp3) is 0.545. The van der Waals surface area contributed by atoms with Crippen LogP contribution in [0, 0.1) is 12.8 Å². The van der Waals surface area contributed by atoms with Crippen LogP contribution in [0.2, 0.25) is 0 Å². The number of esters is 1. The Balaban J connectivity index is 2.67. The summed E-state index contributed by atoms with van der Waals surface area (Å²) in [5, 5.41) is 5.38. The van der Waals surface area contributed by atoms with Crippen LogP contribution in [0.5, 0.6) is 0 Å². The monoisotopic (exact) mass is 419 g/mol. The second kappa shape index (κ2) is 11.9. The van der Waals surface area contributed by atoms with E-state index in [1.807, 2.05) is 32.9 Å². The number of amides is 3. The van der Waals surface area contributed by atoms with Gasteiger partial charge in [0.25, 0.3) is 11.8 Å². The molecule has 0 heterocycles. The number of benzene rings is 1. The van der Waals surface area contributed by atoms with Crippen LogP contribution >= 0.6 is 0 Å². The zero-order chi connectivity index (χ0) is 22.8. The lowest BCUT2D eigenvalue weighted by Crippen LogP contribution is -2.47. The summed E-state index contributed by atoms with van der Waals surface area (Å²) in [5.41, 5.74) is 1.45. The fourth-order valence-electron chi connectivity index (χ4n) is 2.66. The highest BCUT2D eigenvalue weighted by Crippen LogP contribution is 2.08. The van der Waals surface area contributed by atoms with Crippen molar-refractivity contribution in [3.05, 3.63) is 35.4 Å². The van der Waals surface area contributed by atoms with Gasteiger partial charge in [0.05, 0.1) is 6.54 Å². The largest absolute Gasteiger partial charge is 0.454 e. The second-order valence-electron chi connectivity index (χ2n) is 7.80. The van der Waals surface area contributed by atoms with Gasteiger partial charge in [-0.15, -0.1) is 0 Å². The minimum atomic E-state index is -0.897. The van der Waals surface area contributed by atoms with Gasteiger partial charge >= 0.3 is 5.97 Å². The SMILES string of the molecule is CCN(CC(=O)NC(C)C)C(=O)COC(=O)C(NC(=O)c1ccc(C)cc1)C(C)C. The maximum atomic E-state index is 12.5. The summed E-state index contributed by atoms with van der Waals surface area (Å²) in [6.45, 7) is 10.6. The number of aryl methyl sites for hydroxylation is 1. The molecule has 8 heteroatoms. The molecule has 0 saturated carbocycles. The topological polar surface area (TPSA) is 105 Å². The van der Waals surface area contributed by atoms with Gasteiger partial charge in [-0.1, -0.05) is 31.5 Å². The molecule has 30 heavy (non-hydrogen) atoms. The Hall–Kier alpha value is -2.90. The quantitative estimate of drug-likeness (QED) is 0.561. The smallest absolute Gasteiger partial charge is 0.329 e. The number of ether oxygens (including phenoxy) is 1. The van der Waals surface area contributed by atoms with E-state index in [0.29, 0.717) is 12.1 Å². The van der Waals surface area contributed by atoms with Crippen LogP contribution in [0.4, 0.5) is 0 Å². The van der Waals surface area contributed by atoms with Gasteiger partial charge in [0.15, 0.2) is 6.61 Å². The van der Waals surface area contributed by atoms with E-state index in [1.54, 1.807) is 32.9 Å². The molecule has 0 aromatic heterocycles. The third kappa shape index (κ3) is 8.23. The van der Waals surface area contributed by atoms with Crippen molar-refractivity contribution in [2.24, 2.45) is 5.92 Å². The molecule has 0 bridgehead atoms. The van der Waals surface area contributed by atoms with Crippen LogP contribution in [0.3, 0.4) is 0 Å². The van der Waals surface area contributed by atoms with Crippen molar-refractivity contribution in [2.45, 2.75) is 53.6 Å². The van der Waals surface area contributed by atoms with Gasteiger partial charge in [-0.25, -0.2) is 4.79 Å². The molecule has 0 aliphatic carbocycles. The van der Waals surface area contributed by atoms with Crippen molar-refractivity contribution in [1.82, 2.24) is 15.5 Å². The summed E-state index contributed by atoms with van der Waals surface area (Å²) in [6, 6.07) is 6.05. The third-order valence-electron chi connectivity index (χ3n) is 4.38. The van der Waals surface area contributed by atoms with Crippen LogP contribution < -0.4 is 10.6 Å². The molecule has 1 aromatic carbocycles. The Kier molecular flexibility index (Phi) is 10.0. The summed E-state index contributed by atoms with van der Waals surface area (Å²) < 4.78 is 5.15. The normalized spacial score (nSPS) is 11.7. The molecule has 0 radical (unpaired) electrons. The lowest BCUT2D eigenvalue weighted by molar-refractivity contribution is -0.154. The first-order valence-corrected chi connectivity index (χ1v) is 10.2. The van der Waals surface area contributed by atoms with Gasteiger partial charge in [-0.2, -0.15) is 0 Å². The highest BCUT2D eigenvalue weighted by molar-refractivity contribution is 5.97. The Morgan fingerprint density at radius 2 is 1.60 bits per heavy atom.